The first kappa shape index (κ1) is 32.7. The van der Waals surface area contributed by atoms with Crippen molar-refractivity contribution in [2.24, 2.45) is 0 Å². The van der Waals surface area contributed by atoms with Gasteiger partial charge in [0.2, 0.25) is 0 Å². The Morgan fingerprint density at radius 2 is 1.60 bits per heavy atom. The highest BCUT2D eigenvalue weighted by Gasteiger charge is 2.56. The van der Waals surface area contributed by atoms with Crippen molar-refractivity contribution < 1.29 is 50.5 Å². The molecule has 0 aliphatic rings. The largest absolute Gasteiger partial charge is 0.494 e. The molecule has 0 bridgehead atoms. The predicted molar refractivity (Wildman–Crippen MR) is 149 cm³/mol. The minimum atomic E-state index is -5.61. The van der Waals surface area contributed by atoms with E-state index in [1.807, 2.05) is 0 Å². The Labute approximate surface area is 244 Å². The molecule has 0 spiro atoms. The summed E-state index contributed by atoms with van der Waals surface area (Å²) in [6, 6.07) is 15.1. The number of benzene rings is 3. The topological polar surface area (TPSA) is 123 Å². The summed E-state index contributed by atoms with van der Waals surface area (Å²) in [6.45, 7) is -0.271. The fourth-order valence-electron chi connectivity index (χ4n) is 3.66. The normalized spacial score (nSPS) is 11.8. The SMILES string of the molecule is COc1cc(C=CC(=O)OCCc2cc(N)ccc2N)ccc1OC(=O)c1ccc(OCCCC(F)(F)C(F)(F)F)cc1. The van der Waals surface area contributed by atoms with Crippen LogP contribution in [-0.2, 0) is 16.0 Å². The highest BCUT2D eigenvalue weighted by atomic mass is 19.4. The van der Waals surface area contributed by atoms with Gasteiger partial charge in [0.25, 0.3) is 0 Å². The van der Waals surface area contributed by atoms with Crippen molar-refractivity contribution in [2.75, 3.05) is 31.8 Å². The number of anilines is 2. The zero-order valence-electron chi connectivity index (χ0n) is 23.0. The molecular weight excluding hydrogens is 579 g/mol. The van der Waals surface area contributed by atoms with Gasteiger partial charge in [0, 0.05) is 30.3 Å². The van der Waals surface area contributed by atoms with Crippen LogP contribution >= 0.6 is 0 Å². The van der Waals surface area contributed by atoms with E-state index >= 15 is 0 Å². The first-order chi connectivity index (χ1) is 20.3. The zero-order chi connectivity index (χ0) is 31.6. The highest BCUT2D eigenvalue weighted by Crippen LogP contribution is 2.38. The van der Waals surface area contributed by atoms with Crippen LogP contribution in [0.2, 0.25) is 0 Å². The molecule has 230 valence electrons. The third kappa shape index (κ3) is 9.62. The summed E-state index contributed by atoms with van der Waals surface area (Å²) in [5, 5.41) is 0. The smallest absolute Gasteiger partial charge is 0.453 e. The number of rotatable bonds is 13. The minimum absolute atomic E-state index is 0.0952. The van der Waals surface area contributed by atoms with E-state index in [-0.39, 0.29) is 36.0 Å². The Morgan fingerprint density at radius 1 is 0.884 bits per heavy atom. The van der Waals surface area contributed by atoms with Gasteiger partial charge in [-0.1, -0.05) is 6.07 Å². The molecule has 0 saturated heterocycles. The lowest BCUT2D eigenvalue weighted by molar-refractivity contribution is -0.284. The number of ether oxygens (including phenoxy) is 4. The summed E-state index contributed by atoms with van der Waals surface area (Å²) in [4.78, 5) is 24.7. The Bertz CT molecular complexity index is 1440. The number of esters is 2. The van der Waals surface area contributed by atoms with Crippen LogP contribution in [0.25, 0.3) is 6.08 Å². The van der Waals surface area contributed by atoms with Gasteiger partial charge in [-0.3, -0.25) is 0 Å². The Hall–Kier alpha value is -4.81. The summed E-state index contributed by atoms with van der Waals surface area (Å²) in [5.74, 6) is -5.64. The molecule has 13 heteroatoms. The molecule has 0 atom stereocenters. The van der Waals surface area contributed by atoms with Gasteiger partial charge in [-0.15, -0.1) is 0 Å². The van der Waals surface area contributed by atoms with Crippen molar-refractivity contribution in [1.82, 2.24) is 0 Å². The van der Waals surface area contributed by atoms with Crippen molar-refractivity contribution in [3.63, 3.8) is 0 Å². The number of carbonyl (C=O) groups is 2. The quantitative estimate of drug-likeness (QED) is 0.0585. The van der Waals surface area contributed by atoms with Crippen LogP contribution in [0.3, 0.4) is 0 Å². The summed E-state index contributed by atoms with van der Waals surface area (Å²) in [6.07, 6.45) is -4.42. The third-order valence-corrected chi connectivity index (χ3v) is 5.99. The van der Waals surface area contributed by atoms with Crippen LogP contribution in [-0.4, -0.2) is 44.4 Å². The maximum absolute atomic E-state index is 13.0. The van der Waals surface area contributed by atoms with Crippen LogP contribution in [0.4, 0.5) is 33.3 Å². The molecule has 3 aromatic rings. The molecule has 3 aromatic carbocycles. The number of alkyl halides is 5. The predicted octanol–water partition coefficient (Wildman–Crippen LogP) is 6.23. The van der Waals surface area contributed by atoms with E-state index in [0.717, 1.165) is 5.56 Å². The summed E-state index contributed by atoms with van der Waals surface area (Å²) < 4.78 is 83.7. The minimum Gasteiger partial charge on any atom is -0.494 e. The van der Waals surface area contributed by atoms with E-state index in [4.69, 9.17) is 30.4 Å². The van der Waals surface area contributed by atoms with E-state index in [0.29, 0.717) is 23.4 Å². The van der Waals surface area contributed by atoms with Gasteiger partial charge in [-0.2, -0.15) is 22.0 Å². The lowest BCUT2D eigenvalue weighted by Crippen LogP contribution is -2.36. The number of carbonyl (C=O) groups excluding carboxylic acids is 2. The van der Waals surface area contributed by atoms with Crippen LogP contribution in [0.5, 0.6) is 17.2 Å². The Morgan fingerprint density at radius 3 is 2.28 bits per heavy atom. The van der Waals surface area contributed by atoms with Gasteiger partial charge in [0.15, 0.2) is 11.5 Å². The standard InChI is InChI=1S/C30H29F5N2O6/c1-40-26-17-19(4-12-27(38)42-16-13-21-18-22(36)7-10-24(21)37)3-11-25(26)43-28(39)20-5-8-23(9-6-20)41-15-2-14-29(31,32)30(33,34)35/h3-12,17-18H,2,13-16,36-37H2,1H3. The average Bonchev–Trinajstić information content (AvgIpc) is 2.96. The molecule has 0 saturated carbocycles. The number of nitrogens with two attached hydrogens (primary N) is 2. The van der Waals surface area contributed by atoms with E-state index in [1.165, 1.54) is 49.6 Å². The van der Waals surface area contributed by atoms with Gasteiger partial charge >= 0.3 is 24.0 Å². The Balaban J connectivity index is 1.50. The second kappa shape index (κ2) is 14.4. The van der Waals surface area contributed by atoms with Crippen molar-refractivity contribution >= 4 is 29.4 Å². The first-order valence-corrected chi connectivity index (χ1v) is 12.9. The van der Waals surface area contributed by atoms with Crippen molar-refractivity contribution in [3.8, 4) is 17.2 Å². The molecule has 0 amide bonds. The fraction of sp³-hybridized carbons (Fsp3) is 0.267. The third-order valence-electron chi connectivity index (χ3n) is 5.99. The molecule has 4 N–H and O–H groups in total. The van der Waals surface area contributed by atoms with Crippen molar-refractivity contribution in [1.29, 1.82) is 0 Å². The number of methoxy groups -OCH3 is 1. The van der Waals surface area contributed by atoms with E-state index in [1.54, 1.807) is 30.3 Å². The van der Waals surface area contributed by atoms with Crippen LogP contribution in [0, 0.1) is 0 Å². The molecule has 0 fully saturated rings. The molecule has 0 aromatic heterocycles. The van der Waals surface area contributed by atoms with Gasteiger partial charge in [0.1, 0.15) is 5.75 Å². The lowest BCUT2D eigenvalue weighted by atomic mass is 10.1. The molecule has 0 aliphatic carbocycles. The molecule has 3 rings (SSSR count). The molecule has 0 radical (unpaired) electrons. The van der Waals surface area contributed by atoms with Crippen LogP contribution < -0.4 is 25.7 Å². The van der Waals surface area contributed by atoms with Gasteiger partial charge in [0.05, 0.1) is 25.9 Å². The van der Waals surface area contributed by atoms with E-state index in [2.05, 4.69) is 0 Å². The first-order valence-electron chi connectivity index (χ1n) is 12.9. The second-order valence-corrected chi connectivity index (χ2v) is 9.19. The van der Waals surface area contributed by atoms with Crippen molar-refractivity contribution in [2.45, 2.75) is 31.4 Å². The fourth-order valence-corrected chi connectivity index (χ4v) is 3.66. The average molecular weight is 609 g/mol. The second-order valence-electron chi connectivity index (χ2n) is 9.19. The summed E-state index contributed by atoms with van der Waals surface area (Å²) in [7, 11) is 1.37. The lowest BCUT2D eigenvalue weighted by Gasteiger charge is -2.19. The number of nitrogen functional groups attached to an aromatic ring is 2. The maximum Gasteiger partial charge on any atom is 0.453 e. The summed E-state index contributed by atoms with van der Waals surface area (Å²) in [5.41, 5.74) is 14.2. The molecule has 0 aliphatic heterocycles. The molecule has 8 nitrogen and oxygen atoms in total. The van der Waals surface area contributed by atoms with Gasteiger partial charge in [-0.25, -0.2) is 9.59 Å². The van der Waals surface area contributed by atoms with Gasteiger partial charge in [-0.05, 0) is 78.2 Å². The molecule has 0 heterocycles. The van der Waals surface area contributed by atoms with Crippen molar-refractivity contribution in [3.05, 3.63) is 83.4 Å². The zero-order valence-corrected chi connectivity index (χ0v) is 23.0. The number of hydrogen-bond donors (Lipinski definition) is 2. The van der Waals surface area contributed by atoms with E-state index < -0.39 is 36.9 Å². The van der Waals surface area contributed by atoms with Crippen LogP contribution in [0.1, 0.15) is 34.3 Å². The number of hydrogen-bond acceptors (Lipinski definition) is 8. The van der Waals surface area contributed by atoms with Crippen LogP contribution in [0.15, 0.2) is 66.7 Å². The molecular formula is C30H29F5N2O6. The highest BCUT2D eigenvalue weighted by molar-refractivity contribution is 5.91. The Kier molecular flexibility index (Phi) is 10.9. The van der Waals surface area contributed by atoms with Gasteiger partial charge < -0.3 is 30.4 Å². The summed E-state index contributed by atoms with van der Waals surface area (Å²) >= 11 is 0. The molecule has 0 unspecified atom stereocenters. The van der Waals surface area contributed by atoms with E-state index in [9.17, 15) is 31.5 Å². The number of halogens is 5. The maximum atomic E-state index is 13.0. The molecule has 43 heavy (non-hydrogen) atoms. The monoisotopic (exact) mass is 608 g/mol.